The van der Waals surface area contributed by atoms with Crippen molar-refractivity contribution in [3.63, 3.8) is 0 Å². The summed E-state index contributed by atoms with van der Waals surface area (Å²) in [4.78, 5) is 13.3. The molecule has 12 N–H and O–H groups in total. The molecule has 0 aromatic heterocycles. The molecule has 3 aliphatic rings. The fourth-order valence-electron chi connectivity index (χ4n) is 10.9. The number of amides is 1. The van der Waals surface area contributed by atoms with Gasteiger partial charge in [-0.3, -0.25) is 4.79 Å². The Morgan fingerprint density at radius 2 is 0.737 bits per heavy atom. The third-order valence-electron chi connectivity index (χ3n) is 16.6. The van der Waals surface area contributed by atoms with Crippen LogP contribution in [0.25, 0.3) is 0 Å². The molecule has 17 unspecified atom stereocenters. The van der Waals surface area contributed by atoms with Gasteiger partial charge in [-0.25, -0.2) is 0 Å². The monoisotopic (exact) mass is 1340 g/mol. The smallest absolute Gasteiger partial charge is 0.220 e. The van der Waals surface area contributed by atoms with Crippen molar-refractivity contribution in [3.05, 3.63) is 146 Å². The lowest BCUT2D eigenvalue weighted by Crippen LogP contribution is -2.66. The first kappa shape index (κ1) is 84.9. The van der Waals surface area contributed by atoms with E-state index in [1.54, 1.807) is 6.08 Å². The molecule has 3 saturated heterocycles. The van der Waals surface area contributed by atoms with Crippen molar-refractivity contribution >= 4 is 5.91 Å². The number of nitrogens with one attached hydrogen (secondary N) is 1. The van der Waals surface area contributed by atoms with Gasteiger partial charge in [0.05, 0.1) is 38.6 Å². The minimum atomic E-state index is -1.99. The van der Waals surface area contributed by atoms with Gasteiger partial charge in [0.15, 0.2) is 18.9 Å². The van der Waals surface area contributed by atoms with Crippen LogP contribution in [0.1, 0.15) is 194 Å². The van der Waals surface area contributed by atoms with Crippen LogP contribution in [0.2, 0.25) is 0 Å². The molecule has 0 spiro atoms. The van der Waals surface area contributed by atoms with Gasteiger partial charge < -0.3 is 89.9 Å². The first-order valence-electron chi connectivity index (χ1n) is 35.6. The third-order valence-corrected chi connectivity index (χ3v) is 16.6. The average molecular weight is 1340 g/mol. The van der Waals surface area contributed by atoms with Crippen molar-refractivity contribution < 1.29 is 89.4 Å². The molecule has 17 atom stereocenters. The maximum Gasteiger partial charge on any atom is 0.220 e. The van der Waals surface area contributed by atoms with E-state index in [9.17, 15) is 61.0 Å². The molecule has 0 aliphatic carbocycles. The second-order valence-electron chi connectivity index (χ2n) is 24.6. The van der Waals surface area contributed by atoms with Crippen LogP contribution in [0.4, 0.5) is 0 Å². The molecular formula is C76H123NO18. The van der Waals surface area contributed by atoms with Crippen LogP contribution in [-0.2, 0) is 33.2 Å². The van der Waals surface area contributed by atoms with Crippen molar-refractivity contribution in [3.8, 4) is 0 Å². The Morgan fingerprint density at radius 1 is 0.389 bits per heavy atom. The van der Waals surface area contributed by atoms with Crippen LogP contribution in [0.15, 0.2) is 146 Å². The molecule has 0 radical (unpaired) electrons. The molecule has 1 amide bonds. The average Bonchev–Trinajstić information content (AvgIpc) is 0.797. The van der Waals surface area contributed by atoms with Gasteiger partial charge in [-0.05, 0) is 109 Å². The second-order valence-corrected chi connectivity index (χ2v) is 24.6. The number of hydrogen-bond donors (Lipinski definition) is 12. The molecule has 3 rings (SSSR count). The molecule has 0 aromatic carbocycles. The summed E-state index contributed by atoms with van der Waals surface area (Å²) >= 11 is 0. The molecule has 3 aliphatic heterocycles. The molecule has 0 saturated carbocycles. The van der Waals surface area contributed by atoms with E-state index in [1.165, 1.54) is 38.5 Å². The highest BCUT2D eigenvalue weighted by Gasteiger charge is 2.53. The highest BCUT2D eigenvalue weighted by atomic mass is 16.8. The van der Waals surface area contributed by atoms with E-state index in [4.69, 9.17) is 28.4 Å². The topological polar surface area (TPSA) is 307 Å². The van der Waals surface area contributed by atoms with E-state index in [2.05, 4.69) is 153 Å². The standard InChI is InChI=1S/C76H123NO18/c1-3-5-7-9-11-13-14-15-16-17-18-19-20-21-22-23-24-25-26-27-28-29-30-31-32-33-34-35-36-37-38-39-40-41-42-43-44-46-48-50-52-54-64(82)77-59(60(81)53-51-49-47-45-12-10-8-6-4-2)58-90-74-70(88)67(85)72(62(56-79)92-74)95-76-71(89)68(86)73(63(57-80)93-76)94-75-69(87)66(84)65(83)61(55-78)91-75/h5,7,11-13,15-16,18-19,21-22,24-25,27-28,30-31,33-34,36-37,45,51,53,59-63,65-76,78-81,83-89H,3-4,6,8-10,14,17,20,23,26,29,32,35,38-44,46-50,52,54-58H2,1-2H3,(H,77,82)/b7-5-,13-11-,16-15-,19-18-,22-21-,25-24-,28-27-,31-30-,34-33-,37-36-,45-12+,53-51+. The predicted molar refractivity (Wildman–Crippen MR) is 373 cm³/mol. The quantitative estimate of drug-likeness (QED) is 0.0199. The molecule has 95 heavy (non-hydrogen) atoms. The van der Waals surface area contributed by atoms with E-state index >= 15 is 0 Å². The molecule has 3 fully saturated rings. The minimum Gasteiger partial charge on any atom is -0.394 e. The summed E-state index contributed by atoms with van der Waals surface area (Å²) in [6.45, 7) is 1.49. The number of unbranched alkanes of at least 4 members (excludes halogenated alkanes) is 14. The van der Waals surface area contributed by atoms with Crippen LogP contribution < -0.4 is 5.32 Å². The summed E-state index contributed by atoms with van der Waals surface area (Å²) in [6.07, 6.45) is 53.0. The van der Waals surface area contributed by atoms with E-state index in [1.807, 2.05) is 6.08 Å². The maximum absolute atomic E-state index is 13.3. The van der Waals surface area contributed by atoms with Gasteiger partial charge in [0, 0.05) is 6.42 Å². The molecule has 3 heterocycles. The lowest BCUT2D eigenvalue weighted by Gasteiger charge is -2.48. The van der Waals surface area contributed by atoms with Crippen molar-refractivity contribution in [1.29, 1.82) is 0 Å². The number of carbonyl (C=O) groups excluding carboxylic acids is 1. The maximum atomic E-state index is 13.3. The highest BCUT2D eigenvalue weighted by Crippen LogP contribution is 2.33. The number of carbonyl (C=O) groups is 1. The lowest BCUT2D eigenvalue weighted by atomic mass is 9.96. The summed E-state index contributed by atoms with van der Waals surface area (Å²) in [5, 5.41) is 120. The highest BCUT2D eigenvalue weighted by molar-refractivity contribution is 5.76. The molecule has 19 heteroatoms. The summed E-state index contributed by atoms with van der Waals surface area (Å²) in [6, 6.07) is -1.000. The Morgan fingerprint density at radius 3 is 1.18 bits per heavy atom. The summed E-state index contributed by atoms with van der Waals surface area (Å²) in [5.41, 5.74) is 0. The van der Waals surface area contributed by atoms with Crippen LogP contribution in [-0.4, -0.2) is 193 Å². The van der Waals surface area contributed by atoms with Crippen LogP contribution >= 0.6 is 0 Å². The first-order chi connectivity index (χ1) is 46.3. The zero-order valence-electron chi connectivity index (χ0n) is 57.1. The van der Waals surface area contributed by atoms with Crippen LogP contribution in [0.5, 0.6) is 0 Å². The van der Waals surface area contributed by atoms with Gasteiger partial charge in [-0.15, -0.1) is 0 Å². The van der Waals surface area contributed by atoms with E-state index < -0.39 is 124 Å². The summed E-state index contributed by atoms with van der Waals surface area (Å²) in [7, 11) is 0. The predicted octanol–water partition coefficient (Wildman–Crippen LogP) is 9.93. The molecule has 540 valence electrons. The normalized spacial score (nSPS) is 28.1. The Labute approximate surface area is 568 Å². The zero-order valence-corrected chi connectivity index (χ0v) is 57.1. The van der Waals surface area contributed by atoms with Crippen molar-refractivity contribution in [1.82, 2.24) is 5.32 Å². The molecular weight excluding hydrogens is 1210 g/mol. The van der Waals surface area contributed by atoms with Crippen molar-refractivity contribution in [2.75, 3.05) is 26.4 Å². The Bertz CT molecular complexity index is 2290. The lowest BCUT2D eigenvalue weighted by molar-refractivity contribution is -0.379. The Balaban J connectivity index is 1.30. The Kier molecular flexibility index (Phi) is 49.6. The zero-order chi connectivity index (χ0) is 68.9. The van der Waals surface area contributed by atoms with Gasteiger partial charge in [0.1, 0.15) is 73.2 Å². The number of aliphatic hydroxyl groups is 11. The fourth-order valence-corrected chi connectivity index (χ4v) is 10.9. The number of rotatable bonds is 52. The largest absolute Gasteiger partial charge is 0.394 e. The molecule has 0 bridgehead atoms. The van der Waals surface area contributed by atoms with E-state index in [0.29, 0.717) is 12.8 Å². The van der Waals surface area contributed by atoms with E-state index in [-0.39, 0.29) is 18.9 Å². The van der Waals surface area contributed by atoms with Crippen molar-refractivity contribution in [2.24, 2.45) is 0 Å². The number of aliphatic hydroxyl groups excluding tert-OH is 11. The van der Waals surface area contributed by atoms with Gasteiger partial charge in [0.2, 0.25) is 5.91 Å². The van der Waals surface area contributed by atoms with Crippen LogP contribution in [0, 0.1) is 0 Å². The summed E-state index contributed by atoms with van der Waals surface area (Å²) < 4.78 is 34.2. The summed E-state index contributed by atoms with van der Waals surface area (Å²) in [5.74, 6) is -0.300. The fraction of sp³-hybridized carbons (Fsp3) is 0.671. The number of hydrogen-bond acceptors (Lipinski definition) is 18. The minimum absolute atomic E-state index is 0.220. The Hall–Kier alpha value is -4.33. The SMILES string of the molecule is CC/C=C\C/C=C\C/C=C\C/C=C\C/C=C\C/C=C\C/C=C\C/C=C\C/C=C\C/C=C\CCCCCCCCCCCCC(=O)NC(COC1OC(CO)C(OC2OC(CO)C(OC3OC(CO)C(O)C(O)C3O)C(O)C2O)C(O)C1O)C(O)/C=C/CC/C=C/CCCCC. The van der Waals surface area contributed by atoms with Gasteiger partial charge in [0.25, 0.3) is 0 Å². The van der Waals surface area contributed by atoms with E-state index in [0.717, 1.165) is 122 Å². The third kappa shape index (κ3) is 36.9. The van der Waals surface area contributed by atoms with Gasteiger partial charge in [-0.2, -0.15) is 0 Å². The molecule has 19 nitrogen and oxygen atoms in total. The molecule has 0 aromatic rings. The van der Waals surface area contributed by atoms with Crippen LogP contribution in [0.3, 0.4) is 0 Å². The van der Waals surface area contributed by atoms with Crippen molar-refractivity contribution in [2.45, 2.75) is 298 Å². The van der Waals surface area contributed by atoms with Gasteiger partial charge >= 0.3 is 0 Å². The number of ether oxygens (including phenoxy) is 6. The first-order valence-corrected chi connectivity index (χ1v) is 35.6. The van der Waals surface area contributed by atoms with Gasteiger partial charge in [-0.1, -0.05) is 224 Å². The second kappa shape index (κ2) is 55.5. The number of allylic oxidation sites excluding steroid dienone is 23.